The monoisotopic (exact) mass is 461 g/mol. The molecule has 34 heavy (non-hydrogen) atoms. The van der Waals surface area contributed by atoms with Crippen molar-refractivity contribution >= 4 is 11.6 Å². The Kier molecular flexibility index (Phi) is 5.95. The van der Waals surface area contributed by atoms with Crippen molar-refractivity contribution in [1.82, 2.24) is 15.0 Å². The van der Waals surface area contributed by atoms with Gasteiger partial charge in [-0.3, -0.25) is 0 Å². The van der Waals surface area contributed by atoms with Gasteiger partial charge in [0.05, 0.1) is 0 Å². The minimum Gasteiger partial charge on any atom is -0.208 e. The van der Waals surface area contributed by atoms with Crippen molar-refractivity contribution in [2.75, 3.05) is 0 Å². The summed E-state index contributed by atoms with van der Waals surface area (Å²) in [7, 11) is 0. The summed E-state index contributed by atoms with van der Waals surface area (Å²) in [5, 5.41) is 0.641. The van der Waals surface area contributed by atoms with Crippen LogP contribution in [-0.2, 0) is 0 Å². The second-order valence-corrected chi connectivity index (χ2v) is 9.08. The second kappa shape index (κ2) is 9.20. The molecule has 0 saturated heterocycles. The van der Waals surface area contributed by atoms with Crippen LogP contribution in [0.25, 0.3) is 45.3 Å². The van der Waals surface area contributed by atoms with Crippen LogP contribution in [0, 0.1) is 20.8 Å². The third-order valence-corrected chi connectivity index (χ3v) is 5.95. The van der Waals surface area contributed by atoms with Crippen molar-refractivity contribution in [2.45, 2.75) is 20.8 Å². The zero-order chi connectivity index (χ0) is 23.7. The van der Waals surface area contributed by atoms with E-state index in [-0.39, 0.29) is 0 Å². The quantitative estimate of drug-likeness (QED) is 0.271. The molecule has 0 aliphatic heterocycles. The molecule has 1 heterocycles. The largest absolute Gasteiger partial charge is 0.208 e. The maximum atomic E-state index is 6.57. The molecular weight excluding hydrogens is 438 g/mol. The number of benzene rings is 4. The Morgan fingerprint density at radius 3 is 1.47 bits per heavy atom. The lowest BCUT2D eigenvalue weighted by Crippen LogP contribution is -2.00. The zero-order valence-corrected chi connectivity index (χ0v) is 20.1. The van der Waals surface area contributed by atoms with Gasteiger partial charge in [0.25, 0.3) is 0 Å². The molecule has 5 aromatic rings. The van der Waals surface area contributed by atoms with Gasteiger partial charge in [0, 0.05) is 21.7 Å². The fourth-order valence-corrected chi connectivity index (χ4v) is 4.20. The van der Waals surface area contributed by atoms with Gasteiger partial charge in [-0.2, -0.15) is 0 Å². The van der Waals surface area contributed by atoms with Crippen molar-refractivity contribution < 1.29 is 0 Å². The molecule has 0 N–H and O–H groups in total. The highest BCUT2D eigenvalue weighted by Gasteiger charge is 2.14. The molecular formula is C30H24ClN3. The first-order valence-corrected chi connectivity index (χ1v) is 11.6. The van der Waals surface area contributed by atoms with E-state index in [0.717, 1.165) is 38.9 Å². The first-order valence-electron chi connectivity index (χ1n) is 11.2. The van der Waals surface area contributed by atoms with Crippen molar-refractivity contribution in [3.63, 3.8) is 0 Å². The minimum atomic E-state index is 0.596. The van der Waals surface area contributed by atoms with Crippen molar-refractivity contribution in [2.24, 2.45) is 0 Å². The van der Waals surface area contributed by atoms with E-state index in [1.807, 2.05) is 36.4 Å². The number of hydrogen-bond donors (Lipinski definition) is 0. The fraction of sp³-hybridized carbons (Fsp3) is 0.100. The molecule has 4 heteroatoms. The van der Waals surface area contributed by atoms with E-state index >= 15 is 0 Å². The Bertz CT molecular complexity index is 1430. The third-order valence-electron chi connectivity index (χ3n) is 5.73. The van der Waals surface area contributed by atoms with Gasteiger partial charge in [0.1, 0.15) is 0 Å². The number of aryl methyl sites for hydroxylation is 3. The lowest BCUT2D eigenvalue weighted by molar-refractivity contribution is 1.07. The molecule has 3 nitrogen and oxygen atoms in total. The SMILES string of the molecule is Cc1ccc(-c2cc(Cl)cc(-c3nc(-c4cccc(C)c4)nc(-c4cccc(C)c4)n3)c2)cc1. The van der Waals surface area contributed by atoms with Gasteiger partial charge in [-0.15, -0.1) is 0 Å². The molecule has 166 valence electrons. The van der Waals surface area contributed by atoms with E-state index in [4.69, 9.17) is 26.6 Å². The van der Waals surface area contributed by atoms with Crippen molar-refractivity contribution in [1.29, 1.82) is 0 Å². The summed E-state index contributed by atoms with van der Waals surface area (Å²) in [6.45, 7) is 6.22. The van der Waals surface area contributed by atoms with E-state index < -0.39 is 0 Å². The molecule has 5 rings (SSSR count). The maximum absolute atomic E-state index is 6.57. The lowest BCUT2D eigenvalue weighted by atomic mass is 10.0. The Morgan fingerprint density at radius 1 is 0.441 bits per heavy atom. The molecule has 4 aromatic carbocycles. The number of nitrogens with zero attached hydrogens (tertiary/aromatic N) is 3. The molecule has 0 atom stereocenters. The topological polar surface area (TPSA) is 38.7 Å². The van der Waals surface area contributed by atoms with Gasteiger partial charge in [0.2, 0.25) is 0 Å². The van der Waals surface area contributed by atoms with Crippen LogP contribution in [0.1, 0.15) is 16.7 Å². The molecule has 0 bridgehead atoms. The number of hydrogen-bond acceptors (Lipinski definition) is 3. The van der Waals surface area contributed by atoms with Gasteiger partial charge >= 0.3 is 0 Å². The lowest BCUT2D eigenvalue weighted by Gasteiger charge is -2.11. The van der Waals surface area contributed by atoms with E-state index in [1.54, 1.807) is 0 Å². The normalized spacial score (nSPS) is 10.9. The average Bonchev–Trinajstić information content (AvgIpc) is 2.84. The third kappa shape index (κ3) is 4.75. The Labute approximate surface area is 205 Å². The fourth-order valence-electron chi connectivity index (χ4n) is 3.96. The Morgan fingerprint density at radius 2 is 0.941 bits per heavy atom. The van der Waals surface area contributed by atoms with Gasteiger partial charge in [0.15, 0.2) is 17.5 Å². The molecule has 0 aliphatic carbocycles. The van der Waals surface area contributed by atoms with Crippen LogP contribution in [0.5, 0.6) is 0 Å². The summed E-state index contributed by atoms with van der Waals surface area (Å²) < 4.78 is 0. The van der Waals surface area contributed by atoms with Gasteiger partial charge in [-0.25, -0.2) is 15.0 Å². The van der Waals surface area contributed by atoms with Crippen LogP contribution in [0.4, 0.5) is 0 Å². The highest BCUT2D eigenvalue weighted by Crippen LogP contribution is 2.31. The summed E-state index contributed by atoms with van der Waals surface area (Å²) in [5.41, 5.74) is 8.42. The summed E-state index contributed by atoms with van der Waals surface area (Å²) in [5.74, 6) is 1.88. The first kappa shape index (κ1) is 22.0. The van der Waals surface area contributed by atoms with Gasteiger partial charge < -0.3 is 0 Å². The summed E-state index contributed by atoms with van der Waals surface area (Å²) in [6.07, 6.45) is 0. The smallest absolute Gasteiger partial charge is 0.164 e. The Balaban J connectivity index is 1.70. The zero-order valence-electron chi connectivity index (χ0n) is 19.4. The van der Waals surface area contributed by atoms with E-state index in [0.29, 0.717) is 22.5 Å². The van der Waals surface area contributed by atoms with Crippen LogP contribution in [-0.4, -0.2) is 15.0 Å². The van der Waals surface area contributed by atoms with Gasteiger partial charge in [-0.1, -0.05) is 89.0 Å². The van der Waals surface area contributed by atoms with Crippen LogP contribution < -0.4 is 0 Å². The van der Waals surface area contributed by atoms with E-state index in [2.05, 4.69) is 75.4 Å². The molecule has 0 saturated carbocycles. The summed E-state index contributed by atoms with van der Waals surface area (Å²) in [4.78, 5) is 14.6. The minimum absolute atomic E-state index is 0.596. The van der Waals surface area contributed by atoms with Crippen LogP contribution in [0.3, 0.4) is 0 Å². The molecule has 0 unspecified atom stereocenters. The summed E-state index contributed by atoms with van der Waals surface area (Å²) >= 11 is 6.57. The van der Waals surface area contributed by atoms with Crippen LogP contribution in [0.2, 0.25) is 5.02 Å². The van der Waals surface area contributed by atoms with E-state index in [1.165, 1.54) is 5.56 Å². The highest BCUT2D eigenvalue weighted by atomic mass is 35.5. The molecule has 0 aliphatic rings. The predicted molar refractivity (Wildman–Crippen MR) is 141 cm³/mol. The predicted octanol–water partition coefficient (Wildman–Crippen LogP) is 8.12. The van der Waals surface area contributed by atoms with Crippen molar-refractivity contribution in [3.8, 4) is 45.3 Å². The maximum Gasteiger partial charge on any atom is 0.164 e. The van der Waals surface area contributed by atoms with Crippen molar-refractivity contribution in [3.05, 3.63) is 113 Å². The van der Waals surface area contributed by atoms with Gasteiger partial charge in [-0.05, 0) is 62.2 Å². The number of rotatable bonds is 4. The average molecular weight is 462 g/mol. The summed E-state index contributed by atoms with van der Waals surface area (Å²) in [6, 6.07) is 30.8. The van der Waals surface area contributed by atoms with Crippen LogP contribution >= 0.6 is 11.6 Å². The molecule has 0 spiro atoms. The Hall–Kier alpha value is -3.82. The number of halogens is 1. The molecule has 1 aromatic heterocycles. The number of aromatic nitrogens is 3. The van der Waals surface area contributed by atoms with E-state index in [9.17, 15) is 0 Å². The van der Waals surface area contributed by atoms with Crippen LogP contribution in [0.15, 0.2) is 91.0 Å². The standard InChI is InChI=1S/C30H24ClN3/c1-19-10-12-22(13-11-19)25-16-26(18-27(31)17-25)30-33-28(23-8-4-6-20(2)14-23)32-29(34-30)24-9-5-7-21(3)15-24/h4-18H,1-3H3. The first-order chi connectivity index (χ1) is 16.4. The molecule has 0 amide bonds. The second-order valence-electron chi connectivity index (χ2n) is 8.64. The molecule has 0 fully saturated rings. The highest BCUT2D eigenvalue weighted by molar-refractivity contribution is 6.31. The molecule has 0 radical (unpaired) electrons.